The Hall–Kier alpha value is -2.71. The Morgan fingerprint density at radius 3 is 2.04 bits per heavy atom. The average Bonchev–Trinajstić information content (AvgIpc) is 2.69. The van der Waals surface area contributed by atoms with Gasteiger partial charge in [0, 0.05) is 30.1 Å². The van der Waals surface area contributed by atoms with Crippen molar-refractivity contribution in [2.75, 3.05) is 7.05 Å². The van der Waals surface area contributed by atoms with Gasteiger partial charge in [0.15, 0.2) is 0 Å². The molecule has 0 fully saturated rings. The van der Waals surface area contributed by atoms with Crippen LogP contribution in [-0.2, 0) is 12.8 Å². The third-order valence-corrected chi connectivity index (χ3v) is 4.74. The minimum absolute atomic E-state index is 0.677. The predicted octanol–water partition coefficient (Wildman–Crippen LogP) is 6.23. The molecular formula is C24H23ClN2. The zero-order chi connectivity index (χ0) is 19.1. The predicted molar refractivity (Wildman–Crippen MR) is 117 cm³/mol. The molecule has 0 unspecified atom stereocenters. The van der Waals surface area contributed by atoms with Gasteiger partial charge in [0.25, 0.3) is 0 Å². The van der Waals surface area contributed by atoms with E-state index < -0.39 is 0 Å². The molecule has 0 aliphatic rings. The van der Waals surface area contributed by atoms with Crippen LogP contribution in [0.5, 0.6) is 0 Å². The van der Waals surface area contributed by atoms with E-state index in [9.17, 15) is 0 Å². The van der Waals surface area contributed by atoms with E-state index in [2.05, 4.69) is 65.4 Å². The van der Waals surface area contributed by atoms with Crippen LogP contribution in [0, 0.1) is 6.92 Å². The van der Waals surface area contributed by atoms with Crippen LogP contribution >= 0.6 is 11.6 Å². The summed E-state index contributed by atoms with van der Waals surface area (Å²) in [6.45, 7) is 2.12. The van der Waals surface area contributed by atoms with E-state index in [1.807, 2.05) is 24.4 Å². The van der Waals surface area contributed by atoms with Crippen LogP contribution in [0.15, 0.2) is 76.7 Å². The van der Waals surface area contributed by atoms with Gasteiger partial charge in [-0.15, -0.1) is 0 Å². The maximum atomic E-state index is 6.25. The summed E-state index contributed by atoms with van der Waals surface area (Å²) in [7, 11) is 1.73. The minimum Gasteiger partial charge on any atom is -0.296 e. The molecule has 3 aromatic carbocycles. The van der Waals surface area contributed by atoms with Crippen molar-refractivity contribution in [2.24, 2.45) is 9.98 Å². The molecule has 0 aromatic heterocycles. The molecule has 0 bridgehead atoms. The van der Waals surface area contributed by atoms with Crippen LogP contribution in [0.1, 0.15) is 27.8 Å². The van der Waals surface area contributed by atoms with Crippen molar-refractivity contribution in [1.29, 1.82) is 0 Å². The van der Waals surface area contributed by atoms with Crippen molar-refractivity contribution in [3.05, 3.63) is 99.6 Å². The first kappa shape index (κ1) is 19.1. The molecule has 136 valence electrons. The summed E-state index contributed by atoms with van der Waals surface area (Å²) in [6, 6.07) is 23.0. The Morgan fingerprint density at radius 1 is 0.815 bits per heavy atom. The van der Waals surface area contributed by atoms with E-state index >= 15 is 0 Å². The normalized spacial score (nSPS) is 11.5. The highest BCUT2D eigenvalue weighted by Crippen LogP contribution is 2.18. The molecule has 0 saturated carbocycles. The van der Waals surface area contributed by atoms with E-state index in [1.165, 1.54) is 16.7 Å². The molecule has 2 nitrogen and oxygen atoms in total. The number of rotatable bonds is 6. The number of aliphatic imine (C=N–C) groups is 2. The first-order valence-electron chi connectivity index (χ1n) is 9.04. The fraction of sp³-hybridized carbons (Fsp3) is 0.167. The van der Waals surface area contributed by atoms with Crippen LogP contribution in [0.25, 0.3) is 0 Å². The first-order chi connectivity index (χ1) is 13.1. The Kier molecular flexibility index (Phi) is 6.56. The average molecular weight is 375 g/mol. The summed E-state index contributed by atoms with van der Waals surface area (Å²) in [5.74, 6) is 0. The zero-order valence-electron chi connectivity index (χ0n) is 15.7. The monoisotopic (exact) mass is 374 g/mol. The molecule has 0 radical (unpaired) electrons. The minimum atomic E-state index is 0.677. The summed E-state index contributed by atoms with van der Waals surface area (Å²) in [5, 5.41) is 0.677. The van der Waals surface area contributed by atoms with Gasteiger partial charge in [-0.1, -0.05) is 65.7 Å². The van der Waals surface area contributed by atoms with Crippen LogP contribution in [-0.4, -0.2) is 19.5 Å². The lowest BCUT2D eigenvalue weighted by Gasteiger charge is -2.04. The van der Waals surface area contributed by atoms with Gasteiger partial charge in [-0.05, 0) is 54.7 Å². The molecule has 0 aliphatic carbocycles. The number of nitrogens with zero attached hydrogens (tertiary/aromatic N) is 2. The van der Waals surface area contributed by atoms with E-state index in [4.69, 9.17) is 11.6 Å². The molecule has 3 aromatic rings. The van der Waals surface area contributed by atoms with E-state index in [0.29, 0.717) is 5.02 Å². The second-order valence-corrected chi connectivity index (χ2v) is 6.99. The SMILES string of the molecule is CN=Cc1ccc(C=Nc2ccc(CCc3ccc(C)cc3)cc2)cc1Cl. The number of hydrogen-bond acceptors (Lipinski definition) is 2. The molecular weight excluding hydrogens is 352 g/mol. The summed E-state index contributed by atoms with van der Waals surface area (Å²) >= 11 is 6.25. The number of benzene rings is 3. The smallest absolute Gasteiger partial charge is 0.0630 e. The van der Waals surface area contributed by atoms with Crippen molar-refractivity contribution in [1.82, 2.24) is 0 Å². The summed E-state index contributed by atoms with van der Waals surface area (Å²) < 4.78 is 0. The Labute approximate surface area is 166 Å². The molecule has 0 saturated heterocycles. The number of halogens is 1. The van der Waals surface area contributed by atoms with Crippen molar-refractivity contribution in [3.8, 4) is 0 Å². The maximum absolute atomic E-state index is 6.25. The third kappa shape index (κ3) is 5.63. The fourth-order valence-corrected chi connectivity index (χ4v) is 3.05. The zero-order valence-corrected chi connectivity index (χ0v) is 16.4. The largest absolute Gasteiger partial charge is 0.296 e. The topological polar surface area (TPSA) is 24.7 Å². The van der Waals surface area contributed by atoms with Gasteiger partial charge in [-0.2, -0.15) is 0 Å². The highest BCUT2D eigenvalue weighted by atomic mass is 35.5. The van der Waals surface area contributed by atoms with Gasteiger partial charge in [-0.3, -0.25) is 9.98 Å². The van der Waals surface area contributed by atoms with Gasteiger partial charge in [0.2, 0.25) is 0 Å². The van der Waals surface area contributed by atoms with E-state index in [-0.39, 0.29) is 0 Å². The number of aryl methyl sites for hydroxylation is 3. The molecule has 0 amide bonds. The second-order valence-electron chi connectivity index (χ2n) is 6.58. The molecule has 0 heterocycles. The van der Waals surface area contributed by atoms with Crippen molar-refractivity contribution < 1.29 is 0 Å². The summed E-state index contributed by atoms with van der Waals surface area (Å²) in [5.41, 5.74) is 6.81. The molecule has 3 rings (SSSR count). The standard InChI is InChI=1S/C24H23ClN2/c1-18-3-5-19(6-4-18)7-8-20-10-13-23(14-11-20)27-16-21-9-12-22(17-26-2)24(25)15-21/h3-6,9-17H,7-8H2,1-2H3. The Bertz CT molecular complexity index is 939. The van der Waals surface area contributed by atoms with Crippen molar-refractivity contribution in [2.45, 2.75) is 19.8 Å². The van der Waals surface area contributed by atoms with E-state index in [1.54, 1.807) is 13.3 Å². The highest BCUT2D eigenvalue weighted by molar-refractivity contribution is 6.33. The number of hydrogen-bond donors (Lipinski definition) is 0. The molecule has 3 heteroatoms. The second kappa shape index (κ2) is 9.29. The van der Waals surface area contributed by atoms with Crippen LogP contribution in [0.4, 0.5) is 5.69 Å². The molecule has 0 aliphatic heterocycles. The van der Waals surface area contributed by atoms with Crippen molar-refractivity contribution in [3.63, 3.8) is 0 Å². The summed E-state index contributed by atoms with van der Waals surface area (Å²) in [4.78, 5) is 8.54. The molecule has 0 N–H and O–H groups in total. The van der Waals surface area contributed by atoms with Crippen LogP contribution in [0.2, 0.25) is 5.02 Å². The lowest BCUT2D eigenvalue weighted by atomic mass is 10.0. The molecule has 0 spiro atoms. The van der Waals surface area contributed by atoms with Gasteiger partial charge in [0.1, 0.15) is 0 Å². The van der Waals surface area contributed by atoms with Crippen molar-refractivity contribution >= 4 is 29.7 Å². The van der Waals surface area contributed by atoms with Gasteiger partial charge >= 0.3 is 0 Å². The lowest BCUT2D eigenvalue weighted by Crippen LogP contribution is -1.91. The van der Waals surface area contributed by atoms with Crippen LogP contribution < -0.4 is 0 Å². The third-order valence-electron chi connectivity index (χ3n) is 4.41. The summed E-state index contributed by atoms with van der Waals surface area (Å²) in [6.07, 6.45) is 5.66. The Balaban J connectivity index is 1.60. The maximum Gasteiger partial charge on any atom is 0.0630 e. The van der Waals surface area contributed by atoms with E-state index in [0.717, 1.165) is 29.7 Å². The molecule has 27 heavy (non-hydrogen) atoms. The fourth-order valence-electron chi connectivity index (χ4n) is 2.81. The Morgan fingerprint density at radius 2 is 1.44 bits per heavy atom. The lowest BCUT2D eigenvalue weighted by molar-refractivity contribution is 0.959. The van der Waals surface area contributed by atoms with Crippen LogP contribution in [0.3, 0.4) is 0 Å². The van der Waals surface area contributed by atoms with Gasteiger partial charge in [-0.25, -0.2) is 0 Å². The quantitative estimate of drug-likeness (QED) is 0.457. The first-order valence-corrected chi connectivity index (χ1v) is 9.42. The highest BCUT2D eigenvalue weighted by Gasteiger charge is 1.99. The molecule has 0 atom stereocenters. The van der Waals surface area contributed by atoms with Gasteiger partial charge in [0.05, 0.1) is 5.69 Å². The van der Waals surface area contributed by atoms with Gasteiger partial charge < -0.3 is 0 Å².